The lowest BCUT2D eigenvalue weighted by Gasteiger charge is -2.39. The van der Waals surface area contributed by atoms with Gasteiger partial charge in [0.1, 0.15) is 0 Å². The molecule has 0 spiro atoms. The molecule has 1 unspecified atom stereocenters. The van der Waals surface area contributed by atoms with Crippen molar-refractivity contribution in [2.75, 3.05) is 31.1 Å². The van der Waals surface area contributed by atoms with E-state index in [2.05, 4.69) is 5.32 Å². The molecule has 2 aliphatic heterocycles. The van der Waals surface area contributed by atoms with Crippen LogP contribution < -0.4 is 5.32 Å². The molecule has 2 aliphatic rings. The molecule has 7 nitrogen and oxygen atoms in total. The van der Waals surface area contributed by atoms with Crippen molar-refractivity contribution in [3.63, 3.8) is 0 Å². The highest BCUT2D eigenvalue weighted by Crippen LogP contribution is 2.20. The predicted molar refractivity (Wildman–Crippen MR) is 67.4 cm³/mol. The summed E-state index contributed by atoms with van der Waals surface area (Å²) in [4.78, 5) is 24.0. The summed E-state index contributed by atoms with van der Waals surface area (Å²) in [6, 6.07) is -0.315. The number of likely N-dealkylation sites (tertiary alicyclic amines) is 1. The minimum absolute atomic E-state index is 0.00509. The van der Waals surface area contributed by atoms with Crippen molar-refractivity contribution in [2.45, 2.75) is 18.9 Å². The molecule has 0 aromatic carbocycles. The molecular weight excluding hydrogens is 272 g/mol. The fourth-order valence-corrected chi connectivity index (χ4v) is 3.93. The van der Waals surface area contributed by atoms with Gasteiger partial charge in [-0.1, -0.05) is 0 Å². The van der Waals surface area contributed by atoms with Gasteiger partial charge in [0.05, 0.1) is 17.9 Å². The third kappa shape index (κ3) is 3.90. The Kier molecular flexibility index (Phi) is 4.10. The van der Waals surface area contributed by atoms with Gasteiger partial charge < -0.3 is 15.3 Å². The van der Waals surface area contributed by atoms with E-state index in [1.165, 1.54) is 0 Å². The fourth-order valence-electron chi connectivity index (χ4n) is 2.49. The van der Waals surface area contributed by atoms with E-state index in [0.717, 1.165) is 0 Å². The molecule has 2 rings (SSSR count). The van der Waals surface area contributed by atoms with Gasteiger partial charge in [0.25, 0.3) is 0 Å². The highest BCUT2D eigenvalue weighted by atomic mass is 32.2. The number of rotatable bonds is 4. The quantitative estimate of drug-likeness (QED) is 0.667. The van der Waals surface area contributed by atoms with Crippen LogP contribution in [0.25, 0.3) is 0 Å². The largest absolute Gasteiger partial charge is 0.481 e. The minimum atomic E-state index is -3.03. The van der Waals surface area contributed by atoms with E-state index >= 15 is 0 Å². The standard InChI is InChI=1S/C11H18N2O5S/c14-10(13-5-8(6-13)3-11(15)16)4-9-7-19(17,18)2-1-12-9/h8-9,12H,1-7H2,(H,15,16). The van der Waals surface area contributed by atoms with E-state index in [0.29, 0.717) is 19.6 Å². The van der Waals surface area contributed by atoms with Crippen molar-refractivity contribution in [3.05, 3.63) is 0 Å². The average molecular weight is 290 g/mol. The molecule has 1 atom stereocenters. The number of aliphatic carboxylic acids is 1. The molecule has 0 radical (unpaired) electrons. The number of nitrogens with one attached hydrogen (secondary N) is 1. The van der Waals surface area contributed by atoms with Crippen molar-refractivity contribution in [3.8, 4) is 0 Å². The second-order valence-corrected chi connectivity index (χ2v) is 7.46. The Balaban J connectivity index is 1.75. The highest BCUT2D eigenvalue weighted by Gasteiger charge is 2.34. The van der Waals surface area contributed by atoms with Gasteiger partial charge in [0, 0.05) is 38.0 Å². The Morgan fingerprint density at radius 3 is 2.53 bits per heavy atom. The molecule has 2 N–H and O–H groups in total. The number of hydrogen-bond donors (Lipinski definition) is 2. The van der Waals surface area contributed by atoms with Crippen LogP contribution in [0.2, 0.25) is 0 Å². The van der Waals surface area contributed by atoms with Crippen molar-refractivity contribution in [2.24, 2.45) is 5.92 Å². The zero-order valence-electron chi connectivity index (χ0n) is 10.5. The van der Waals surface area contributed by atoms with E-state index < -0.39 is 15.8 Å². The van der Waals surface area contributed by atoms with Crippen molar-refractivity contribution < 1.29 is 23.1 Å². The second-order valence-electron chi connectivity index (χ2n) is 5.23. The molecule has 8 heteroatoms. The van der Waals surface area contributed by atoms with Crippen molar-refractivity contribution in [1.29, 1.82) is 0 Å². The molecule has 2 heterocycles. The lowest BCUT2D eigenvalue weighted by atomic mass is 9.95. The van der Waals surface area contributed by atoms with Crippen LogP contribution in [0.3, 0.4) is 0 Å². The monoisotopic (exact) mass is 290 g/mol. The molecule has 108 valence electrons. The van der Waals surface area contributed by atoms with Crippen LogP contribution >= 0.6 is 0 Å². The normalized spacial score (nSPS) is 26.7. The molecule has 0 saturated carbocycles. The Morgan fingerprint density at radius 1 is 1.26 bits per heavy atom. The summed E-state index contributed by atoms with van der Waals surface area (Å²) in [5, 5.41) is 11.6. The van der Waals surface area contributed by atoms with E-state index in [9.17, 15) is 18.0 Å². The van der Waals surface area contributed by atoms with Gasteiger partial charge in [-0.25, -0.2) is 8.42 Å². The topological polar surface area (TPSA) is 104 Å². The number of carboxylic acids is 1. The number of carboxylic acid groups (broad SMARTS) is 1. The third-order valence-corrected chi connectivity index (χ3v) is 5.23. The van der Waals surface area contributed by atoms with Gasteiger partial charge in [-0.3, -0.25) is 9.59 Å². The summed E-state index contributed by atoms with van der Waals surface area (Å²) in [5.74, 6) is -0.786. The first-order valence-electron chi connectivity index (χ1n) is 6.29. The average Bonchev–Trinajstić information content (AvgIpc) is 2.20. The Labute approximate surface area is 111 Å². The summed E-state index contributed by atoms with van der Waals surface area (Å²) < 4.78 is 22.9. The van der Waals surface area contributed by atoms with Gasteiger partial charge in [-0.15, -0.1) is 0 Å². The van der Waals surface area contributed by atoms with E-state index in [4.69, 9.17) is 5.11 Å². The molecule has 1 amide bonds. The van der Waals surface area contributed by atoms with Gasteiger partial charge >= 0.3 is 5.97 Å². The van der Waals surface area contributed by atoms with Crippen LogP contribution in [0.5, 0.6) is 0 Å². The number of carbonyl (C=O) groups is 2. The first-order chi connectivity index (χ1) is 8.85. The first kappa shape index (κ1) is 14.3. The van der Waals surface area contributed by atoms with Crippen LogP contribution in [-0.2, 0) is 19.4 Å². The van der Waals surface area contributed by atoms with Crippen LogP contribution in [0.15, 0.2) is 0 Å². The van der Waals surface area contributed by atoms with Crippen LogP contribution in [0.1, 0.15) is 12.8 Å². The number of hydrogen-bond acceptors (Lipinski definition) is 5. The van der Waals surface area contributed by atoms with Crippen LogP contribution in [-0.4, -0.2) is 67.5 Å². The smallest absolute Gasteiger partial charge is 0.303 e. The number of amides is 1. The molecule has 2 saturated heterocycles. The van der Waals surface area contributed by atoms with Crippen molar-refractivity contribution >= 4 is 21.7 Å². The number of sulfone groups is 1. The molecule has 2 fully saturated rings. The maximum Gasteiger partial charge on any atom is 0.303 e. The maximum atomic E-state index is 11.9. The van der Waals surface area contributed by atoms with Gasteiger partial charge in [-0.05, 0) is 0 Å². The third-order valence-electron chi connectivity index (χ3n) is 3.50. The van der Waals surface area contributed by atoms with Gasteiger partial charge in [-0.2, -0.15) is 0 Å². The lowest BCUT2D eigenvalue weighted by Crippen LogP contribution is -2.53. The summed E-state index contributed by atoms with van der Waals surface area (Å²) in [5.41, 5.74) is 0. The maximum absolute atomic E-state index is 11.9. The predicted octanol–water partition coefficient (Wildman–Crippen LogP) is -1.30. The van der Waals surface area contributed by atoms with Crippen LogP contribution in [0, 0.1) is 5.92 Å². The fraction of sp³-hybridized carbons (Fsp3) is 0.818. The number of carbonyl (C=O) groups excluding carboxylic acids is 1. The molecule has 19 heavy (non-hydrogen) atoms. The van der Waals surface area contributed by atoms with E-state index in [1.54, 1.807) is 4.90 Å². The van der Waals surface area contributed by atoms with Crippen LogP contribution in [0.4, 0.5) is 0 Å². The van der Waals surface area contributed by atoms with Gasteiger partial charge in [0.15, 0.2) is 9.84 Å². The van der Waals surface area contributed by atoms with E-state index in [1.807, 2.05) is 0 Å². The second kappa shape index (κ2) is 5.46. The highest BCUT2D eigenvalue weighted by molar-refractivity contribution is 7.91. The molecule has 0 bridgehead atoms. The summed E-state index contributed by atoms with van der Waals surface area (Å²) in [7, 11) is -3.03. The summed E-state index contributed by atoms with van der Waals surface area (Å²) in [6.07, 6.45) is 0.249. The SMILES string of the molecule is O=C(O)CC1CN(C(=O)CC2CS(=O)(=O)CCN2)C1. The molecular formula is C11H18N2O5S. The van der Waals surface area contributed by atoms with E-state index in [-0.39, 0.29) is 42.2 Å². The molecule has 0 aromatic heterocycles. The Bertz CT molecular complexity index is 469. The molecule has 0 aliphatic carbocycles. The Morgan fingerprint density at radius 2 is 1.95 bits per heavy atom. The first-order valence-corrected chi connectivity index (χ1v) is 8.11. The minimum Gasteiger partial charge on any atom is -0.481 e. The summed E-state index contributed by atoms with van der Waals surface area (Å²) >= 11 is 0. The zero-order valence-corrected chi connectivity index (χ0v) is 11.4. The zero-order chi connectivity index (χ0) is 14.0. The summed E-state index contributed by atoms with van der Waals surface area (Å²) in [6.45, 7) is 1.32. The molecule has 0 aromatic rings. The number of nitrogens with zero attached hydrogens (tertiary/aromatic N) is 1. The van der Waals surface area contributed by atoms with Gasteiger partial charge in [0.2, 0.25) is 5.91 Å². The lowest BCUT2D eigenvalue weighted by molar-refractivity contribution is -0.145. The Hall–Kier alpha value is -1.15. The van der Waals surface area contributed by atoms with Crippen molar-refractivity contribution in [1.82, 2.24) is 10.2 Å².